The number of aromatic nitrogens is 6. The van der Waals surface area contributed by atoms with Crippen LogP contribution < -0.4 is 9.47 Å². The van der Waals surface area contributed by atoms with Crippen LogP contribution >= 0.6 is 0 Å². The van der Waals surface area contributed by atoms with Gasteiger partial charge in [-0.3, -0.25) is 0 Å². The molecule has 0 N–H and O–H groups in total. The zero-order chi connectivity index (χ0) is 42.8. The van der Waals surface area contributed by atoms with Gasteiger partial charge in [-0.1, -0.05) is 76.2 Å². The molecule has 0 radical (unpaired) electrons. The van der Waals surface area contributed by atoms with Crippen LogP contribution in [-0.2, 0) is 16.2 Å². The summed E-state index contributed by atoms with van der Waals surface area (Å²) in [7, 11) is 0. The van der Waals surface area contributed by atoms with Crippen molar-refractivity contribution in [1.29, 1.82) is 0 Å². The molecule has 0 bridgehead atoms. The molecule has 0 saturated carbocycles. The molecule has 0 saturated heterocycles. The van der Waals surface area contributed by atoms with Crippen LogP contribution in [0.5, 0.6) is 23.0 Å². The summed E-state index contributed by atoms with van der Waals surface area (Å²) >= 11 is 0. The van der Waals surface area contributed by atoms with E-state index in [-0.39, 0.29) is 16.2 Å². The van der Waals surface area contributed by atoms with E-state index in [1.165, 1.54) is 22.3 Å². The number of ether oxygens (including phenoxy) is 2. The van der Waals surface area contributed by atoms with Crippen LogP contribution in [0.15, 0.2) is 146 Å². The Hall–Kier alpha value is -7.32. The van der Waals surface area contributed by atoms with Crippen molar-refractivity contribution in [3.8, 4) is 34.4 Å². The Morgan fingerprint density at radius 3 is 1.27 bits per heavy atom. The van der Waals surface area contributed by atoms with Gasteiger partial charge in [0, 0.05) is 27.0 Å². The standard InChI is InChI=1S/C55H46N6O2/c1-33-43-27-35-25-39(19-23-49(35)56-51(43)60(58-33)37-13-9-7-10-14-37)62-41-17-21-45-47(29-41)55(31-53(45,3)4)32-54(5,6)46-22-18-42(30-48(46)55)63-40-20-24-50-36(26-40)28-44-34(2)59-61(52(44)57-50)38-15-11-8-12-16-38/h7-30H,31-32H2,1-6H3. The van der Waals surface area contributed by atoms with Gasteiger partial charge in [0.2, 0.25) is 0 Å². The molecule has 4 aromatic heterocycles. The molecule has 8 heteroatoms. The first-order chi connectivity index (χ1) is 30.4. The molecule has 10 aromatic rings. The maximum absolute atomic E-state index is 6.75. The maximum atomic E-state index is 6.75. The highest BCUT2D eigenvalue weighted by molar-refractivity contribution is 5.95. The lowest BCUT2D eigenvalue weighted by Gasteiger charge is -2.30. The fraction of sp³-hybridized carbons (Fsp3) is 0.200. The number of aryl methyl sites for hydroxylation is 2. The van der Waals surface area contributed by atoms with Crippen molar-refractivity contribution in [3.05, 3.63) is 179 Å². The molecule has 0 aliphatic heterocycles. The Kier molecular flexibility index (Phi) is 7.93. The first-order valence-corrected chi connectivity index (χ1v) is 21.8. The molecule has 0 amide bonds. The molecule has 63 heavy (non-hydrogen) atoms. The maximum Gasteiger partial charge on any atom is 0.163 e. The van der Waals surface area contributed by atoms with Crippen LogP contribution in [-0.4, -0.2) is 29.5 Å². The molecule has 2 aliphatic rings. The summed E-state index contributed by atoms with van der Waals surface area (Å²) < 4.78 is 17.4. The molecule has 12 rings (SSSR count). The second-order valence-corrected chi connectivity index (χ2v) is 18.9. The Morgan fingerprint density at radius 1 is 0.444 bits per heavy atom. The summed E-state index contributed by atoms with van der Waals surface area (Å²) in [5, 5.41) is 13.8. The van der Waals surface area contributed by atoms with Gasteiger partial charge in [0.1, 0.15) is 23.0 Å². The average molecular weight is 823 g/mol. The predicted octanol–water partition coefficient (Wildman–Crippen LogP) is 13.3. The Morgan fingerprint density at radius 2 is 0.841 bits per heavy atom. The minimum Gasteiger partial charge on any atom is -0.457 e. The molecule has 0 atom stereocenters. The number of hydrogen-bond acceptors (Lipinski definition) is 6. The third kappa shape index (κ3) is 5.88. The fourth-order valence-electron chi connectivity index (χ4n) is 11.0. The highest BCUT2D eigenvalue weighted by atomic mass is 16.5. The topological polar surface area (TPSA) is 79.9 Å². The molecular formula is C55H46N6O2. The number of fused-ring (bicyclic) bond motifs is 8. The van der Waals surface area contributed by atoms with E-state index in [2.05, 4.69) is 113 Å². The van der Waals surface area contributed by atoms with Gasteiger partial charge in [0.15, 0.2) is 11.3 Å². The van der Waals surface area contributed by atoms with Gasteiger partial charge in [-0.25, -0.2) is 19.3 Å². The van der Waals surface area contributed by atoms with Gasteiger partial charge in [0.25, 0.3) is 0 Å². The monoisotopic (exact) mass is 822 g/mol. The van der Waals surface area contributed by atoms with Crippen LogP contribution in [0.2, 0.25) is 0 Å². The van der Waals surface area contributed by atoms with Gasteiger partial charge in [-0.05, 0) is 157 Å². The number of para-hydroxylation sites is 2. The molecule has 0 fully saturated rings. The Labute approximate surface area is 365 Å². The molecule has 1 spiro atoms. The van der Waals surface area contributed by atoms with Gasteiger partial charge in [0.05, 0.1) is 33.8 Å². The average Bonchev–Trinajstić information content (AvgIpc) is 3.93. The summed E-state index contributed by atoms with van der Waals surface area (Å²) in [6, 6.07) is 50.5. The molecule has 4 heterocycles. The first-order valence-electron chi connectivity index (χ1n) is 21.8. The zero-order valence-corrected chi connectivity index (χ0v) is 36.3. The molecule has 0 unspecified atom stereocenters. The van der Waals surface area contributed by atoms with Crippen molar-refractivity contribution in [2.75, 3.05) is 0 Å². The SMILES string of the molecule is Cc1nn(-c2ccccc2)c2nc3ccc(Oc4ccc5c(c4)C4(CC5(C)C)CC(C)(C)c5ccc(Oc6ccc7nc8c(cc7c6)c(C)nn8-c6ccccc6)cc54)cc3cc12. The number of hydrogen-bond donors (Lipinski definition) is 0. The molecule has 2 aliphatic carbocycles. The predicted molar refractivity (Wildman–Crippen MR) is 251 cm³/mol. The number of benzene rings is 6. The van der Waals surface area contributed by atoms with E-state index in [1.54, 1.807) is 0 Å². The van der Waals surface area contributed by atoms with Gasteiger partial charge in [-0.15, -0.1) is 0 Å². The Bertz CT molecular complexity index is 3260. The second-order valence-electron chi connectivity index (χ2n) is 18.9. The van der Waals surface area contributed by atoms with E-state index in [4.69, 9.17) is 29.6 Å². The first kappa shape index (κ1) is 37.4. The highest BCUT2D eigenvalue weighted by Crippen LogP contribution is 2.63. The van der Waals surface area contributed by atoms with E-state index in [0.717, 1.165) is 102 Å². The van der Waals surface area contributed by atoms with Crippen molar-refractivity contribution in [1.82, 2.24) is 29.5 Å². The van der Waals surface area contributed by atoms with Crippen molar-refractivity contribution < 1.29 is 9.47 Å². The number of pyridine rings is 2. The third-order valence-corrected chi connectivity index (χ3v) is 13.6. The van der Waals surface area contributed by atoms with Crippen LogP contribution in [0, 0.1) is 13.8 Å². The van der Waals surface area contributed by atoms with Crippen LogP contribution in [0.4, 0.5) is 0 Å². The lowest BCUT2D eigenvalue weighted by atomic mass is 9.72. The second kappa shape index (κ2) is 13.3. The summed E-state index contributed by atoms with van der Waals surface area (Å²) in [4.78, 5) is 10.1. The summed E-state index contributed by atoms with van der Waals surface area (Å²) in [6.45, 7) is 13.6. The van der Waals surface area contributed by atoms with Gasteiger partial charge >= 0.3 is 0 Å². The van der Waals surface area contributed by atoms with Gasteiger partial charge < -0.3 is 9.47 Å². The van der Waals surface area contributed by atoms with E-state index >= 15 is 0 Å². The molecule has 308 valence electrons. The quantitative estimate of drug-likeness (QED) is 0.166. The molecule has 6 aromatic carbocycles. The zero-order valence-electron chi connectivity index (χ0n) is 36.3. The van der Waals surface area contributed by atoms with E-state index in [1.807, 2.05) is 83.9 Å². The van der Waals surface area contributed by atoms with Crippen molar-refractivity contribution in [3.63, 3.8) is 0 Å². The highest BCUT2D eigenvalue weighted by Gasteiger charge is 2.56. The lowest BCUT2D eigenvalue weighted by Crippen LogP contribution is -2.27. The van der Waals surface area contributed by atoms with E-state index in [0.29, 0.717) is 0 Å². The third-order valence-electron chi connectivity index (χ3n) is 13.6. The van der Waals surface area contributed by atoms with Crippen LogP contribution in [0.1, 0.15) is 74.2 Å². The van der Waals surface area contributed by atoms with E-state index in [9.17, 15) is 0 Å². The molecular weight excluding hydrogens is 777 g/mol. The van der Waals surface area contributed by atoms with E-state index < -0.39 is 0 Å². The smallest absolute Gasteiger partial charge is 0.163 e. The van der Waals surface area contributed by atoms with Crippen LogP contribution in [0.3, 0.4) is 0 Å². The van der Waals surface area contributed by atoms with Crippen molar-refractivity contribution >= 4 is 43.9 Å². The summed E-state index contributed by atoms with van der Waals surface area (Å²) in [6.07, 6.45) is 2.00. The normalized spacial score (nSPS) is 15.7. The van der Waals surface area contributed by atoms with Crippen molar-refractivity contribution in [2.24, 2.45) is 0 Å². The fourth-order valence-corrected chi connectivity index (χ4v) is 11.0. The number of nitrogens with zero attached hydrogens (tertiary/aromatic N) is 6. The largest absolute Gasteiger partial charge is 0.457 e. The number of rotatable bonds is 6. The summed E-state index contributed by atoms with van der Waals surface area (Å²) in [5.41, 5.74) is 12.5. The minimum atomic E-state index is -0.207. The Balaban J connectivity index is 0.879. The molecule has 8 nitrogen and oxygen atoms in total. The van der Waals surface area contributed by atoms with Gasteiger partial charge in [-0.2, -0.15) is 10.2 Å². The minimum absolute atomic E-state index is 0.0341. The summed E-state index contributed by atoms with van der Waals surface area (Å²) in [5.74, 6) is 3.21. The van der Waals surface area contributed by atoms with Crippen LogP contribution in [0.25, 0.3) is 55.2 Å². The van der Waals surface area contributed by atoms with Crippen molar-refractivity contribution in [2.45, 2.75) is 70.6 Å². The lowest BCUT2D eigenvalue weighted by molar-refractivity contribution is 0.349.